The van der Waals surface area contributed by atoms with Crippen molar-refractivity contribution in [3.8, 4) is 0 Å². The number of nitrogens with one attached hydrogen (secondary N) is 1. The summed E-state index contributed by atoms with van der Waals surface area (Å²) in [5, 5.41) is 3.06. The summed E-state index contributed by atoms with van der Waals surface area (Å²) in [5.74, 6) is -0.261. The van der Waals surface area contributed by atoms with Gasteiger partial charge in [0, 0.05) is 25.2 Å². The van der Waals surface area contributed by atoms with Crippen molar-refractivity contribution in [2.45, 2.75) is 20.0 Å². The maximum Gasteiger partial charge on any atom is 0.303 e. The number of esters is 1. The van der Waals surface area contributed by atoms with Gasteiger partial charge in [-0.2, -0.15) is 0 Å². The van der Waals surface area contributed by atoms with Crippen molar-refractivity contribution in [3.05, 3.63) is 29.8 Å². The van der Waals surface area contributed by atoms with Crippen molar-refractivity contribution in [3.63, 3.8) is 0 Å². The van der Waals surface area contributed by atoms with E-state index in [9.17, 15) is 4.79 Å². The van der Waals surface area contributed by atoms with Crippen molar-refractivity contribution in [2.24, 2.45) is 0 Å². The average molecular weight is 193 g/mol. The Kier molecular flexibility index (Phi) is 3.51. The topological polar surface area (TPSA) is 38.3 Å². The summed E-state index contributed by atoms with van der Waals surface area (Å²) in [6.45, 7) is 3.27. The van der Waals surface area contributed by atoms with E-state index < -0.39 is 0 Å². The fraction of sp³-hybridized carbons (Fsp3) is 0.364. The van der Waals surface area contributed by atoms with Crippen LogP contribution in [0.4, 0.5) is 5.69 Å². The largest absolute Gasteiger partial charge is 0.458 e. The molecule has 0 aromatic heterocycles. The van der Waals surface area contributed by atoms with E-state index in [2.05, 4.69) is 5.32 Å². The van der Waals surface area contributed by atoms with Crippen LogP contribution >= 0.6 is 0 Å². The van der Waals surface area contributed by atoms with Crippen LogP contribution in [0, 0.1) is 0 Å². The summed E-state index contributed by atoms with van der Waals surface area (Å²) in [7, 11) is 1.85. The highest BCUT2D eigenvalue weighted by atomic mass is 16.5. The fourth-order valence-corrected chi connectivity index (χ4v) is 1.39. The van der Waals surface area contributed by atoms with Crippen LogP contribution in [-0.2, 0) is 9.53 Å². The zero-order valence-electron chi connectivity index (χ0n) is 8.70. The van der Waals surface area contributed by atoms with Crippen LogP contribution in [-0.4, -0.2) is 13.0 Å². The Balaban J connectivity index is 2.87. The molecule has 0 amide bonds. The molecular weight excluding hydrogens is 178 g/mol. The van der Waals surface area contributed by atoms with Crippen molar-refractivity contribution in [2.75, 3.05) is 12.4 Å². The van der Waals surface area contributed by atoms with E-state index in [0.29, 0.717) is 0 Å². The fourth-order valence-electron chi connectivity index (χ4n) is 1.39. The molecule has 0 bridgehead atoms. The minimum absolute atomic E-state index is 0.212. The number of hydrogen-bond donors (Lipinski definition) is 1. The van der Waals surface area contributed by atoms with Gasteiger partial charge in [-0.25, -0.2) is 0 Å². The Hall–Kier alpha value is -1.51. The second-order valence-corrected chi connectivity index (χ2v) is 3.09. The number of ether oxygens (including phenoxy) is 1. The van der Waals surface area contributed by atoms with Crippen molar-refractivity contribution >= 4 is 11.7 Å². The molecule has 1 unspecified atom stereocenters. The van der Waals surface area contributed by atoms with Crippen molar-refractivity contribution < 1.29 is 9.53 Å². The van der Waals surface area contributed by atoms with Gasteiger partial charge < -0.3 is 10.1 Å². The number of benzene rings is 1. The Morgan fingerprint density at radius 1 is 1.43 bits per heavy atom. The predicted molar refractivity (Wildman–Crippen MR) is 56.2 cm³/mol. The number of rotatable bonds is 3. The van der Waals surface area contributed by atoms with E-state index >= 15 is 0 Å². The van der Waals surface area contributed by atoms with E-state index in [0.717, 1.165) is 11.3 Å². The van der Waals surface area contributed by atoms with Crippen LogP contribution in [0.15, 0.2) is 24.3 Å². The zero-order valence-corrected chi connectivity index (χ0v) is 8.70. The molecule has 3 nitrogen and oxygen atoms in total. The second kappa shape index (κ2) is 4.65. The highest BCUT2D eigenvalue weighted by Gasteiger charge is 2.11. The molecule has 1 aromatic rings. The van der Waals surface area contributed by atoms with E-state index in [1.165, 1.54) is 6.92 Å². The van der Waals surface area contributed by atoms with E-state index in [4.69, 9.17) is 4.74 Å². The molecule has 76 valence electrons. The first kappa shape index (κ1) is 10.6. The Morgan fingerprint density at radius 3 is 2.64 bits per heavy atom. The standard InChI is InChI=1S/C11H15NO2/c1-8(14-9(2)13)10-6-4-5-7-11(10)12-3/h4-8,12H,1-3H3. The molecule has 1 rings (SSSR count). The second-order valence-electron chi connectivity index (χ2n) is 3.09. The summed E-state index contributed by atoms with van der Waals surface area (Å²) in [4.78, 5) is 10.8. The van der Waals surface area contributed by atoms with Gasteiger partial charge in [-0.3, -0.25) is 4.79 Å². The van der Waals surface area contributed by atoms with Gasteiger partial charge in [-0.05, 0) is 13.0 Å². The maximum atomic E-state index is 10.8. The number of anilines is 1. The number of carbonyl (C=O) groups excluding carboxylic acids is 1. The third kappa shape index (κ3) is 2.49. The zero-order chi connectivity index (χ0) is 10.6. The molecule has 0 spiro atoms. The van der Waals surface area contributed by atoms with Crippen LogP contribution in [0.25, 0.3) is 0 Å². The minimum Gasteiger partial charge on any atom is -0.458 e. The lowest BCUT2D eigenvalue weighted by molar-refractivity contribution is -0.145. The molecule has 3 heteroatoms. The highest BCUT2D eigenvalue weighted by molar-refractivity contribution is 5.66. The molecule has 14 heavy (non-hydrogen) atoms. The van der Waals surface area contributed by atoms with Gasteiger partial charge in [0.05, 0.1) is 0 Å². The minimum atomic E-state index is -0.261. The van der Waals surface area contributed by atoms with Gasteiger partial charge in [-0.15, -0.1) is 0 Å². The van der Waals surface area contributed by atoms with E-state index in [1.807, 2.05) is 38.2 Å². The summed E-state index contributed by atoms with van der Waals surface area (Å²) >= 11 is 0. The van der Waals surface area contributed by atoms with Gasteiger partial charge in [0.15, 0.2) is 0 Å². The molecule has 0 aliphatic carbocycles. The summed E-state index contributed by atoms with van der Waals surface area (Å²) in [6, 6.07) is 7.76. The number of para-hydroxylation sites is 1. The van der Waals surface area contributed by atoms with Crippen LogP contribution in [0.3, 0.4) is 0 Å². The van der Waals surface area contributed by atoms with Gasteiger partial charge in [0.2, 0.25) is 0 Å². The van der Waals surface area contributed by atoms with Crippen LogP contribution < -0.4 is 5.32 Å². The normalized spacial score (nSPS) is 11.9. The van der Waals surface area contributed by atoms with Gasteiger partial charge in [0.25, 0.3) is 0 Å². The van der Waals surface area contributed by atoms with E-state index in [-0.39, 0.29) is 12.1 Å². The quantitative estimate of drug-likeness (QED) is 0.749. The molecule has 0 heterocycles. The molecular formula is C11H15NO2. The van der Waals surface area contributed by atoms with Crippen LogP contribution in [0.5, 0.6) is 0 Å². The SMILES string of the molecule is CNc1ccccc1C(C)OC(C)=O. The molecule has 0 radical (unpaired) electrons. The summed E-state index contributed by atoms with van der Waals surface area (Å²) in [5.41, 5.74) is 1.98. The number of carbonyl (C=O) groups is 1. The molecule has 1 atom stereocenters. The Labute approximate surface area is 84.1 Å². The first-order valence-corrected chi connectivity index (χ1v) is 4.59. The van der Waals surface area contributed by atoms with Crippen LogP contribution in [0.2, 0.25) is 0 Å². The van der Waals surface area contributed by atoms with Crippen molar-refractivity contribution in [1.82, 2.24) is 0 Å². The molecule has 0 aliphatic heterocycles. The monoisotopic (exact) mass is 193 g/mol. The lowest BCUT2D eigenvalue weighted by Crippen LogP contribution is -2.07. The smallest absolute Gasteiger partial charge is 0.303 e. The lowest BCUT2D eigenvalue weighted by atomic mass is 10.1. The molecule has 0 aliphatic rings. The highest BCUT2D eigenvalue weighted by Crippen LogP contribution is 2.24. The van der Waals surface area contributed by atoms with Gasteiger partial charge >= 0.3 is 5.97 Å². The maximum absolute atomic E-state index is 10.8. The average Bonchev–Trinajstić information content (AvgIpc) is 2.16. The predicted octanol–water partition coefficient (Wildman–Crippen LogP) is 2.35. The molecule has 1 N–H and O–H groups in total. The lowest BCUT2D eigenvalue weighted by Gasteiger charge is -2.15. The molecule has 1 aromatic carbocycles. The summed E-state index contributed by atoms with van der Waals surface area (Å²) < 4.78 is 5.10. The number of hydrogen-bond acceptors (Lipinski definition) is 3. The van der Waals surface area contributed by atoms with Crippen molar-refractivity contribution in [1.29, 1.82) is 0 Å². The van der Waals surface area contributed by atoms with Gasteiger partial charge in [0.1, 0.15) is 6.10 Å². The summed E-state index contributed by atoms with van der Waals surface area (Å²) in [6.07, 6.45) is -0.212. The Morgan fingerprint density at radius 2 is 2.07 bits per heavy atom. The molecule has 0 saturated carbocycles. The molecule has 0 fully saturated rings. The first-order valence-electron chi connectivity index (χ1n) is 4.59. The Bertz CT molecular complexity index is 323. The first-order chi connectivity index (χ1) is 6.65. The van der Waals surface area contributed by atoms with Crippen LogP contribution in [0.1, 0.15) is 25.5 Å². The van der Waals surface area contributed by atoms with E-state index in [1.54, 1.807) is 0 Å². The third-order valence-corrected chi connectivity index (χ3v) is 2.01. The third-order valence-electron chi connectivity index (χ3n) is 2.01. The van der Waals surface area contributed by atoms with Gasteiger partial charge in [-0.1, -0.05) is 18.2 Å². The molecule has 0 saturated heterocycles.